The topological polar surface area (TPSA) is 100 Å². The van der Waals surface area contributed by atoms with Crippen LogP contribution in [-0.2, 0) is 9.59 Å². The summed E-state index contributed by atoms with van der Waals surface area (Å²) in [4.78, 5) is 39.7. The van der Waals surface area contributed by atoms with Gasteiger partial charge in [-0.1, -0.05) is 60.7 Å². The number of hydrogen-bond acceptors (Lipinski definition) is 5. The van der Waals surface area contributed by atoms with Gasteiger partial charge in [-0.05, 0) is 56.3 Å². The van der Waals surface area contributed by atoms with Gasteiger partial charge in [-0.15, -0.1) is 10.2 Å². The standard InChI is InChI=1S/C35H29N7O2/c1-23(2)41(26-14-7-4-8-15-26)31(43)22-40-29-17-9-10-18-30(29)42-33(24-12-5-3-6-13-24)38-39-34(42)28(35(40)44)20-25-21-37-32-27(25)16-11-19-36-32/h3-21,23H,22H2,1-2H3,(H,36,37)/b28-20-. The lowest BCUT2D eigenvalue weighted by Crippen LogP contribution is -2.46. The van der Waals surface area contributed by atoms with Gasteiger partial charge in [0.05, 0.1) is 16.9 Å². The Labute approximate surface area is 254 Å². The number of carbonyl (C=O) groups excluding carboxylic acids is 2. The monoisotopic (exact) mass is 579 g/mol. The zero-order valence-corrected chi connectivity index (χ0v) is 24.3. The molecule has 0 saturated heterocycles. The summed E-state index contributed by atoms with van der Waals surface area (Å²) in [5.41, 5.74) is 4.70. The zero-order valence-electron chi connectivity index (χ0n) is 24.3. The Bertz CT molecular complexity index is 2030. The number of anilines is 2. The molecule has 3 aromatic carbocycles. The van der Waals surface area contributed by atoms with Gasteiger partial charge in [0.25, 0.3) is 5.91 Å². The van der Waals surface area contributed by atoms with Gasteiger partial charge in [0.1, 0.15) is 12.2 Å². The fourth-order valence-electron chi connectivity index (χ4n) is 5.76. The Morgan fingerprint density at radius 3 is 2.30 bits per heavy atom. The molecule has 44 heavy (non-hydrogen) atoms. The van der Waals surface area contributed by atoms with Crippen molar-refractivity contribution in [1.29, 1.82) is 0 Å². The number of carbonyl (C=O) groups is 2. The van der Waals surface area contributed by atoms with E-state index in [9.17, 15) is 9.59 Å². The summed E-state index contributed by atoms with van der Waals surface area (Å²) >= 11 is 0. The maximum absolute atomic E-state index is 14.7. The maximum Gasteiger partial charge on any atom is 0.262 e. The van der Waals surface area contributed by atoms with Crippen molar-refractivity contribution in [2.75, 3.05) is 16.3 Å². The van der Waals surface area contributed by atoms with E-state index in [4.69, 9.17) is 0 Å². The highest BCUT2D eigenvalue weighted by atomic mass is 16.2. The molecule has 0 unspecified atom stereocenters. The van der Waals surface area contributed by atoms with E-state index in [-0.39, 0.29) is 24.4 Å². The summed E-state index contributed by atoms with van der Waals surface area (Å²) in [6.07, 6.45) is 5.34. The third-order valence-electron chi connectivity index (χ3n) is 7.72. The van der Waals surface area contributed by atoms with E-state index in [1.165, 1.54) is 0 Å². The number of nitrogens with one attached hydrogen (secondary N) is 1. The Kier molecular flexibility index (Phi) is 6.82. The molecule has 4 heterocycles. The van der Waals surface area contributed by atoms with Gasteiger partial charge < -0.3 is 9.88 Å². The normalized spacial score (nSPS) is 13.7. The Balaban J connectivity index is 1.43. The Hall–Kier alpha value is -5.83. The zero-order chi connectivity index (χ0) is 30.2. The molecule has 0 bridgehead atoms. The van der Waals surface area contributed by atoms with Crippen LogP contribution < -0.4 is 9.80 Å². The molecule has 1 N–H and O–H groups in total. The van der Waals surface area contributed by atoms with Gasteiger partial charge in [-0.3, -0.25) is 19.1 Å². The molecule has 3 aromatic heterocycles. The third-order valence-corrected chi connectivity index (χ3v) is 7.72. The molecule has 9 heteroatoms. The number of hydrogen-bond donors (Lipinski definition) is 1. The molecule has 1 aliphatic heterocycles. The summed E-state index contributed by atoms with van der Waals surface area (Å²) in [5, 5.41) is 10.0. The van der Waals surface area contributed by atoms with Gasteiger partial charge in [0, 0.05) is 40.6 Å². The molecule has 7 rings (SSSR count). The number of benzene rings is 3. The van der Waals surface area contributed by atoms with E-state index in [1.54, 1.807) is 22.1 Å². The predicted molar refractivity (Wildman–Crippen MR) is 172 cm³/mol. The fraction of sp³-hybridized carbons (Fsp3) is 0.114. The number of aromatic nitrogens is 5. The first-order chi connectivity index (χ1) is 21.5. The minimum absolute atomic E-state index is 0.125. The summed E-state index contributed by atoms with van der Waals surface area (Å²) in [7, 11) is 0. The van der Waals surface area contributed by atoms with Crippen LogP contribution in [0.1, 0.15) is 25.2 Å². The van der Waals surface area contributed by atoms with Gasteiger partial charge in [0.2, 0.25) is 5.91 Å². The number of nitrogens with zero attached hydrogens (tertiary/aromatic N) is 6. The average molecular weight is 580 g/mol. The molecule has 0 radical (unpaired) electrons. The van der Waals surface area contributed by atoms with Crippen LogP contribution >= 0.6 is 0 Å². The third kappa shape index (κ3) is 4.64. The van der Waals surface area contributed by atoms with E-state index in [2.05, 4.69) is 20.2 Å². The summed E-state index contributed by atoms with van der Waals surface area (Å²) in [6.45, 7) is 3.76. The molecule has 9 nitrogen and oxygen atoms in total. The highest BCUT2D eigenvalue weighted by Crippen LogP contribution is 2.38. The second-order valence-electron chi connectivity index (χ2n) is 10.8. The van der Waals surface area contributed by atoms with Gasteiger partial charge in [0.15, 0.2) is 11.6 Å². The molecule has 1 aliphatic rings. The number of para-hydroxylation sites is 3. The number of H-pyrrole nitrogens is 1. The number of aromatic amines is 1. The SMILES string of the molecule is CC(C)N(C(=O)CN1C(=O)/C(=C\c2c[nH]c3ncccc23)c2nnc(-c3ccccc3)n2-c2ccccc21)c1ccccc1. The largest absolute Gasteiger partial charge is 0.346 e. The molecule has 216 valence electrons. The first kappa shape index (κ1) is 27.0. The van der Waals surface area contributed by atoms with Gasteiger partial charge in [-0.25, -0.2) is 4.98 Å². The molecule has 0 fully saturated rings. The number of rotatable bonds is 6. The van der Waals surface area contributed by atoms with Crippen LogP contribution in [0.15, 0.2) is 109 Å². The van der Waals surface area contributed by atoms with Gasteiger partial charge >= 0.3 is 0 Å². The Morgan fingerprint density at radius 1 is 0.864 bits per heavy atom. The minimum atomic E-state index is -0.355. The highest BCUT2D eigenvalue weighted by molar-refractivity contribution is 6.32. The average Bonchev–Trinajstić information content (AvgIpc) is 3.65. The van der Waals surface area contributed by atoms with Crippen molar-refractivity contribution in [3.63, 3.8) is 0 Å². The lowest BCUT2D eigenvalue weighted by Gasteiger charge is -2.30. The van der Waals surface area contributed by atoms with Crippen LogP contribution in [0.4, 0.5) is 11.4 Å². The molecule has 0 spiro atoms. The van der Waals surface area contributed by atoms with Crippen molar-refractivity contribution in [1.82, 2.24) is 24.7 Å². The number of fused-ring (bicyclic) bond motifs is 4. The lowest BCUT2D eigenvalue weighted by atomic mass is 10.1. The molecule has 6 aromatic rings. The predicted octanol–water partition coefficient (Wildman–Crippen LogP) is 6.14. The first-order valence-electron chi connectivity index (χ1n) is 14.4. The van der Waals surface area contributed by atoms with Crippen LogP contribution in [0.2, 0.25) is 0 Å². The van der Waals surface area contributed by atoms with Crippen LogP contribution in [0.3, 0.4) is 0 Å². The van der Waals surface area contributed by atoms with Crippen molar-refractivity contribution >= 4 is 45.9 Å². The van der Waals surface area contributed by atoms with E-state index < -0.39 is 0 Å². The number of amides is 2. The molecular weight excluding hydrogens is 550 g/mol. The van der Waals surface area contributed by atoms with Crippen LogP contribution in [0.5, 0.6) is 0 Å². The summed E-state index contributed by atoms with van der Waals surface area (Å²) in [6, 6.07) is 30.5. The van der Waals surface area contributed by atoms with E-state index in [0.29, 0.717) is 34.2 Å². The van der Waals surface area contributed by atoms with Crippen LogP contribution in [0, 0.1) is 0 Å². The molecule has 0 aliphatic carbocycles. The molecule has 2 amide bonds. The van der Waals surface area contributed by atoms with Crippen molar-refractivity contribution < 1.29 is 9.59 Å². The fourth-order valence-corrected chi connectivity index (χ4v) is 5.76. The second-order valence-corrected chi connectivity index (χ2v) is 10.8. The summed E-state index contributed by atoms with van der Waals surface area (Å²) in [5.74, 6) is 0.421. The molecule has 0 saturated carbocycles. The van der Waals surface area contributed by atoms with Crippen molar-refractivity contribution in [2.45, 2.75) is 19.9 Å². The quantitative estimate of drug-likeness (QED) is 0.239. The van der Waals surface area contributed by atoms with Gasteiger partial charge in [-0.2, -0.15) is 0 Å². The van der Waals surface area contributed by atoms with Crippen LogP contribution in [-0.4, -0.2) is 49.1 Å². The maximum atomic E-state index is 14.7. The van der Waals surface area contributed by atoms with Crippen molar-refractivity contribution in [3.05, 3.63) is 121 Å². The smallest absolute Gasteiger partial charge is 0.262 e. The van der Waals surface area contributed by atoms with E-state index >= 15 is 0 Å². The Morgan fingerprint density at radius 2 is 1.55 bits per heavy atom. The minimum Gasteiger partial charge on any atom is -0.346 e. The molecular formula is C35H29N7O2. The summed E-state index contributed by atoms with van der Waals surface area (Å²) < 4.78 is 1.91. The number of pyridine rings is 1. The van der Waals surface area contributed by atoms with E-state index in [1.807, 2.05) is 122 Å². The highest BCUT2D eigenvalue weighted by Gasteiger charge is 2.35. The second kappa shape index (κ2) is 11.1. The van der Waals surface area contributed by atoms with E-state index in [0.717, 1.165) is 22.2 Å². The van der Waals surface area contributed by atoms with Crippen molar-refractivity contribution in [2.24, 2.45) is 0 Å². The van der Waals surface area contributed by atoms with Crippen LogP contribution in [0.25, 0.3) is 39.8 Å². The van der Waals surface area contributed by atoms with Crippen molar-refractivity contribution in [3.8, 4) is 17.1 Å². The first-order valence-corrected chi connectivity index (χ1v) is 14.4. The lowest BCUT2D eigenvalue weighted by molar-refractivity contribution is -0.120. The molecule has 0 atom stereocenters.